The predicted octanol–water partition coefficient (Wildman–Crippen LogP) is 4.23. The molecule has 1 unspecified atom stereocenters. The summed E-state index contributed by atoms with van der Waals surface area (Å²) in [6, 6.07) is 2.33. The van der Waals surface area contributed by atoms with Crippen LogP contribution in [0.25, 0.3) is 0 Å². The maximum absolute atomic E-state index is 12.0. The first kappa shape index (κ1) is 18.5. The van der Waals surface area contributed by atoms with E-state index in [4.69, 9.17) is 4.42 Å². The summed E-state index contributed by atoms with van der Waals surface area (Å²) < 4.78 is 4.91. The molecule has 0 fully saturated rings. The zero-order chi connectivity index (χ0) is 16.4. The quantitative estimate of drug-likeness (QED) is 0.621. The first-order valence-electron chi connectivity index (χ1n) is 8.36. The molecule has 4 nitrogen and oxygen atoms in total. The van der Waals surface area contributed by atoms with E-state index in [-0.39, 0.29) is 23.7 Å². The average molecular weight is 308 g/mol. The Labute approximate surface area is 132 Å². The van der Waals surface area contributed by atoms with Crippen molar-refractivity contribution < 1.29 is 14.3 Å². The molecule has 0 saturated heterocycles. The van der Waals surface area contributed by atoms with Gasteiger partial charge in [-0.25, -0.2) is 4.79 Å². The summed E-state index contributed by atoms with van der Waals surface area (Å²) in [5, 5.41) is 9.32. The summed E-state index contributed by atoms with van der Waals surface area (Å²) in [5.74, 6) is 0.482. The second kappa shape index (κ2) is 10.2. The maximum atomic E-state index is 12.0. The number of Topliss-reactive ketones (excluding diaryl/α,β-unsaturated/α-hetero) is 1. The van der Waals surface area contributed by atoms with Crippen molar-refractivity contribution in [1.29, 1.82) is 0 Å². The highest BCUT2D eigenvalue weighted by atomic mass is 16.4. The van der Waals surface area contributed by atoms with Gasteiger partial charge in [0, 0.05) is 12.5 Å². The summed E-state index contributed by atoms with van der Waals surface area (Å²) in [7, 11) is 0. The standard InChI is InChI=1S/C18H28O4/c1-3-4-5-6-7-8-9-14(2)10-15(19)11-17-12-16(20)13-18(21)22-17/h12-14,20H,3-11H2,1-2H3. The van der Waals surface area contributed by atoms with Gasteiger partial charge in [0.2, 0.25) is 0 Å². The number of rotatable bonds is 11. The molecule has 0 amide bonds. The highest BCUT2D eigenvalue weighted by Crippen LogP contribution is 2.17. The van der Waals surface area contributed by atoms with Crippen molar-refractivity contribution in [1.82, 2.24) is 0 Å². The minimum absolute atomic E-state index is 0.0484. The molecule has 1 N–H and O–H groups in total. The summed E-state index contributed by atoms with van der Waals surface area (Å²) in [6.07, 6.45) is 9.18. The fourth-order valence-corrected chi connectivity index (χ4v) is 2.63. The molecule has 1 heterocycles. The monoisotopic (exact) mass is 308 g/mol. The first-order chi connectivity index (χ1) is 10.5. The Morgan fingerprint density at radius 3 is 2.55 bits per heavy atom. The number of aromatic hydroxyl groups is 1. The third-order valence-electron chi connectivity index (χ3n) is 3.80. The molecule has 22 heavy (non-hydrogen) atoms. The second-order valence-corrected chi connectivity index (χ2v) is 6.18. The maximum Gasteiger partial charge on any atom is 0.339 e. The van der Waals surface area contributed by atoms with Crippen molar-refractivity contribution >= 4 is 5.78 Å². The Kier molecular flexibility index (Phi) is 8.56. The van der Waals surface area contributed by atoms with Crippen LogP contribution in [-0.2, 0) is 11.2 Å². The fourth-order valence-electron chi connectivity index (χ4n) is 2.63. The van der Waals surface area contributed by atoms with E-state index in [2.05, 4.69) is 13.8 Å². The molecule has 0 radical (unpaired) electrons. The van der Waals surface area contributed by atoms with Gasteiger partial charge in [-0.3, -0.25) is 4.79 Å². The lowest BCUT2D eigenvalue weighted by molar-refractivity contribution is -0.119. The zero-order valence-electron chi connectivity index (χ0n) is 13.8. The minimum atomic E-state index is -0.622. The molecule has 4 heteroatoms. The Morgan fingerprint density at radius 1 is 1.18 bits per heavy atom. The zero-order valence-corrected chi connectivity index (χ0v) is 13.8. The van der Waals surface area contributed by atoms with E-state index in [1.54, 1.807) is 0 Å². The van der Waals surface area contributed by atoms with Gasteiger partial charge in [0.15, 0.2) is 0 Å². The molecule has 0 spiro atoms. The van der Waals surface area contributed by atoms with Crippen LogP contribution in [0, 0.1) is 5.92 Å². The highest BCUT2D eigenvalue weighted by molar-refractivity contribution is 5.80. The number of carbonyl (C=O) groups excluding carboxylic acids is 1. The predicted molar refractivity (Wildman–Crippen MR) is 87.1 cm³/mol. The molecule has 0 aliphatic rings. The average Bonchev–Trinajstić information content (AvgIpc) is 2.41. The van der Waals surface area contributed by atoms with Crippen molar-refractivity contribution in [2.45, 2.75) is 71.6 Å². The fraction of sp³-hybridized carbons (Fsp3) is 0.667. The summed E-state index contributed by atoms with van der Waals surface area (Å²) in [4.78, 5) is 23.1. The van der Waals surface area contributed by atoms with E-state index < -0.39 is 5.63 Å². The lowest BCUT2D eigenvalue weighted by Gasteiger charge is -2.10. The van der Waals surface area contributed by atoms with Gasteiger partial charge in [0.25, 0.3) is 0 Å². The lowest BCUT2D eigenvalue weighted by Crippen LogP contribution is -2.10. The summed E-state index contributed by atoms with van der Waals surface area (Å²) >= 11 is 0. The van der Waals surface area contributed by atoms with E-state index in [9.17, 15) is 14.7 Å². The molecule has 1 aromatic rings. The number of unbranched alkanes of at least 4 members (excludes halogenated alkanes) is 5. The van der Waals surface area contributed by atoms with Gasteiger partial charge in [-0.15, -0.1) is 0 Å². The van der Waals surface area contributed by atoms with E-state index in [1.165, 1.54) is 44.6 Å². The van der Waals surface area contributed by atoms with Gasteiger partial charge in [0.1, 0.15) is 17.3 Å². The molecular formula is C18H28O4. The third kappa shape index (κ3) is 8.01. The molecule has 0 aliphatic carbocycles. The molecule has 0 aliphatic heterocycles. The molecule has 1 rings (SSSR count). The molecule has 0 bridgehead atoms. The Bertz CT molecular complexity index is 504. The third-order valence-corrected chi connectivity index (χ3v) is 3.80. The van der Waals surface area contributed by atoms with Crippen molar-refractivity contribution in [3.05, 3.63) is 28.3 Å². The molecule has 0 aromatic carbocycles. The van der Waals surface area contributed by atoms with Crippen LogP contribution in [0.5, 0.6) is 5.75 Å². The Balaban J connectivity index is 2.25. The molecule has 0 saturated carbocycles. The van der Waals surface area contributed by atoms with Crippen LogP contribution >= 0.6 is 0 Å². The van der Waals surface area contributed by atoms with E-state index in [1.807, 2.05) is 0 Å². The van der Waals surface area contributed by atoms with Crippen LogP contribution in [0.2, 0.25) is 0 Å². The number of hydrogen-bond acceptors (Lipinski definition) is 4. The van der Waals surface area contributed by atoms with Crippen molar-refractivity contribution in [3.8, 4) is 5.75 Å². The van der Waals surface area contributed by atoms with Crippen LogP contribution in [0.4, 0.5) is 0 Å². The van der Waals surface area contributed by atoms with Gasteiger partial charge >= 0.3 is 5.63 Å². The normalized spacial score (nSPS) is 12.3. The molecule has 124 valence electrons. The molecule has 1 atom stereocenters. The highest BCUT2D eigenvalue weighted by Gasteiger charge is 2.12. The van der Waals surface area contributed by atoms with Gasteiger partial charge in [-0.2, -0.15) is 0 Å². The number of ketones is 1. The molecular weight excluding hydrogens is 280 g/mol. The van der Waals surface area contributed by atoms with E-state index >= 15 is 0 Å². The first-order valence-corrected chi connectivity index (χ1v) is 8.36. The van der Waals surface area contributed by atoms with Crippen LogP contribution in [0.3, 0.4) is 0 Å². The smallest absolute Gasteiger partial charge is 0.339 e. The largest absolute Gasteiger partial charge is 0.508 e. The van der Waals surface area contributed by atoms with E-state index in [0.29, 0.717) is 12.3 Å². The van der Waals surface area contributed by atoms with Crippen LogP contribution in [0.1, 0.15) is 71.0 Å². The second-order valence-electron chi connectivity index (χ2n) is 6.18. The minimum Gasteiger partial charge on any atom is -0.508 e. The Hall–Kier alpha value is -1.58. The summed E-state index contributed by atoms with van der Waals surface area (Å²) in [5.41, 5.74) is -0.622. The Morgan fingerprint density at radius 2 is 1.86 bits per heavy atom. The summed E-state index contributed by atoms with van der Waals surface area (Å²) in [6.45, 7) is 4.30. The van der Waals surface area contributed by atoms with Crippen LogP contribution in [0.15, 0.2) is 21.3 Å². The van der Waals surface area contributed by atoms with Gasteiger partial charge in [0.05, 0.1) is 12.5 Å². The van der Waals surface area contributed by atoms with Gasteiger partial charge in [-0.05, 0) is 5.92 Å². The topological polar surface area (TPSA) is 67.5 Å². The van der Waals surface area contributed by atoms with Gasteiger partial charge < -0.3 is 9.52 Å². The lowest BCUT2D eigenvalue weighted by atomic mass is 9.95. The van der Waals surface area contributed by atoms with Crippen molar-refractivity contribution in [2.24, 2.45) is 5.92 Å². The number of hydrogen-bond donors (Lipinski definition) is 1. The molecule has 1 aromatic heterocycles. The SMILES string of the molecule is CCCCCCCCC(C)CC(=O)Cc1cc(O)cc(=O)o1. The van der Waals surface area contributed by atoms with E-state index in [0.717, 1.165) is 12.5 Å². The van der Waals surface area contributed by atoms with Crippen LogP contribution < -0.4 is 5.63 Å². The number of carbonyl (C=O) groups is 1. The van der Waals surface area contributed by atoms with Crippen LogP contribution in [-0.4, -0.2) is 10.9 Å². The van der Waals surface area contributed by atoms with Crippen molar-refractivity contribution in [2.75, 3.05) is 0 Å². The van der Waals surface area contributed by atoms with Gasteiger partial charge in [-0.1, -0.05) is 58.8 Å². The van der Waals surface area contributed by atoms with Crippen molar-refractivity contribution in [3.63, 3.8) is 0 Å².